The van der Waals surface area contributed by atoms with Crippen molar-refractivity contribution in [2.24, 2.45) is 0 Å². The van der Waals surface area contributed by atoms with Gasteiger partial charge in [-0.25, -0.2) is 4.79 Å². The van der Waals surface area contributed by atoms with Gasteiger partial charge in [0.1, 0.15) is 0 Å². The van der Waals surface area contributed by atoms with E-state index in [1.54, 1.807) is 30.3 Å². The second kappa shape index (κ2) is 8.12. The maximum atomic E-state index is 11.1. The molecule has 1 N–H and O–H groups in total. The van der Waals surface area contributed by atoms with Crippen LogP contribution in [0.15, 0.2) is 47.6 Å². The largest absolute Gasteiger partial charge is 0.478 e. The van der Waals surface area contributed by atoms with Gasteiger partial charge in [-0.2, -0.15) is 0 Å². The van der Waals surface area contributed by atoms with Crippen LogP contribution >= 0.6 is 35.0 Å². The van der Waals surface area contributed by atoms with Gasteiger partial charge >= 0.3 is 5.97 Å². The summed E-state index contributed by atoms with van der Waals surface area (Å²) in [4.78, 5) is 11.1. The summed E-state index contributed by atoms with van der Waals surface area (Å²) >= 11 is 13.8. The van der Waals surface area contributed by atoms with Gasteiger partial charge in [-0.3, -0.25) is 0 Å². The molecule has 0 radical (unpaired) electrons. The third kappa shape index (κ3) is 4.03. The summed E-state index contributed by atoms with van der Waals surface area (Å²) in [6.45, 7) is 2.69. The highest BCUT2D eigenvalue weighted by Gasteiger charge is 2.16. The van der Waals surface area contributed by atoms with E-state index in [0.717, 1.165) is 16.3 Å². The molecule has 0 aliphatic rings. The summed E-state index contributed by atoms with van der Waals surface area (Å²) in [5.41, 5.74) is 1.95. The highest BCUT2D eigenvalue weighted by atomic mass is 35.5. The predicted octanol–water partition coefficient (Wildman–Crippen LogP) is 5.26. The molecule has 1 heterocycles. The third-order valence-corrected chi connectivity index (χ3v) is 5.33. The van der Waals surface area contributed by atoms with Gasteiger partial charge in [0.05, 0.1) is 10.6 Å². The van der Waals surface area contributed by atoms with Crippen molar-refractivity contribution in [1.82, 2.24) is 14.8 Å². The quantitative estimate of drug-likeness (QED) is 0.564. The molecular formula is C18H15Cl2N3O2S. The fourth-order valence-electron chi connectivity index (χ4n) is 2.49. The Bertz CT molecular complexity index is 959. The van der Waals surface area contributed by atoms with Crippen LogP contribution in [0.25, 0.3) is 11.4 Å². The van der Waals surface area contributed by atoms with Gasteiger partial charge < -0.3 is 9.67 Å². The maximum absolute atomic E-state index is 11.1. The highest BCUT2D eigenvalue weighted by Crippen LogP contribution is 2.32. The van der Waals surface area contributed by atoms with Gasteiger partial charge in [-0.05, 0) is 42.8 Å². The van der Waals surface area contributed by atoms with Crippen LogP contribution in [0.3, 0.4) is 0 Å². The Morgan fingerprint density at radius 3 is 2.69 bits per heavy atom. The van der Waals surface area contributed by atoms with Crippen LogP contribution in [0.2, 0.25) is 10.0 Å². The number of carboxylic acid groups (broad SMARTS) is 1. The predicted molar refractivity (Wildman–Crippen MR) is 104 cm³/mol. The number of aromatic nitrogens is 3. The lowest BCUT2D eigenvalue weighted by Crippen LogP contribution is -2.00. The molecular weight excluding hydrogens is 393 g/mol. The van der Waals surface area contributed by atoms with Gasteiger partial charge in [0.15, 0.2) is 11.0 Å². The van der Waals surface area contributed by atoms with Crippen molar-refractivity contribution in [1.29, 1.82) is 0 Å². The van der Waals surface area contributed by atoms with Crippen LogP contribution in [0.5, 0.6) is 0 Å². The molecule has 2 aromatic carbocycles. The zero-order valence-electron chi connectivity index (χ0n) is 13.8. The van der Waals surface area contributed by atoms with Crippen LogP contribution in [0.1, 0.15) is 22.8 Å². The van der Waals surface area contributed by atoms with Crippen molar-refractivity contribution >= 4 is 40.9 Å². The molecule has 3 rings (SSSR count). The number of hydrogen-bond donors (Lipinski definition) is 1. The van der Waals surface area contributed by atoms with Gasteiger partial charge in [-0.15, -0.1) is 10.2 Å². The summed E-state index contributed by atoms with van der Waals surface area (Å²) in [6.07, 6.45) is 0. The number of thioether (sulfide) groups is 1. The molecule has 0 aliphatic heterocycles. The van der Waals surface area contributed by atoms with Crippen molar-refractivity contribution in [3.8, 4) is 11.4 Å². The van der Waals surface area contributed by atoms with Crippen LogP contribution in [0, 0.1) is 0 Å². The van der Waals surface area contributed by atoms with E-state index in [2.05, 4.69) is 10.2 Å². The molecule has 0 saturated heterocycles. The third-order valence-electron chi connectivity index (χ3n) is 3.75. The maximum Gasteiger partial charge on any atom is 0.335 e. The molecule has 1 aromatic heterocycles. The number of benzene rings is 2. The van der Waals surface area contributed by atoms with Crippen molar-refractivity contribution < 1.29 is 9.90 Å². The van der Waals surface area contributed by atoms with Crippen molar-refractivity contribution in [2.45, 2.75) is 24.4 Å². The van der Waals surface area contributed by atoms with Crippen molar-refractivity contribution in [3.63, 3.8) is 0 Å². The Labute approximate surface area is 165 Å². The topological polar surface area (TPSA) is 68.0 Å². The summed E-state index contributed by atoms with van der Waals surface area (Å²) in [6, 6.07) is 12.1. The number of halogens is 2. The molecule has 0 unspecified atom stereocenters. The lowest BCUT2D eigenvalue weighted by Gasteiger charge is -2.09. The molecule has 8 heteroatoms. The summed E-state index contributed by atoms with van der Waals surface area (Å²) in [5, 5.41) is 19.5. The minimum Gasteiger partial charge on any atom is -0.478 e. The van der Waals surface area contributed by atoms with Crippen molar-refractivity contribution in [2.75, 3.05) is 0 Å². The normalized spacial score (nSPS) is 10.9. The molecule has 0 saturated carbocycles. The van der Waals surface area contributed by atoms with E-state index >= 15 is 0 Å². The first-order valence-electron chi connectivity index (χ1n) is 7.83. The Balaban J connectivity index is 1.85. The Morgan fingerprint density at radius 1 is 1.19 bits per heavy atom. The monoisotopic (exact) mass is 407 g/mol. The molecule has 134 valence electrons. The zero-order chi connectivity index (χ0) is 18.7. The first kappa shape index (κ1) is 18.8. The molecule has 26 heavy (non-hydrogen) atoms. The first-order valence-corrected chi connectivity index (χ1v) is 9.57. The second-order valence-electron chi connectivity index (χ2n) is 5.47. The lowest BCUT2D eigenvalue weighted by atomic mass is 10.1. The van der Waals surface area contributed by atoms with Crippen LogP contribution in [0.4, 0.5) is 0 Å². The fourth-order valence-corrected chi connectivity index (χ4v) is 3.93. The van der Waals surface area contributed by atoms with Crippen LogP contribution < -0.4 is 0 Å². The molecule has 5 nitrogen and oxygen atoms in total. The van der Waals surface area contributed by atoms with Gasteiger partial charge in [0.2, 0.25) is 0 Å². The summed E-state index contributed by atoms with van der Waals surface area (Å²) < 4.78 is 1.97. The van der Waals surface area contributed by atoms with Gasteiger partial charge in [-0.1, -0.05) is 47.1 Å². The van der Waals surface area contributed by atoms with E-state index < -0.39 is 5.97 Å². The lowest BCUT2D eigenvalue weighted by molar-refractivity contribution is 0.0697. The van der Waals surface area contributed by atoms with E-state index in [4.69, 9.17) is 28.3 Å². The number of aromatic carboxylic acids is 1. The highest BCUT2D eigenvalue weighted by molar-refractivity contribution is 7.98. The molecule has 0 atom stereocenters. The van der Waals surface area contributed by atoms with Crippen LogP contribution in [-0.4, -0.2) is 25.8 Å². The van der Waals surface area contributed by atoms with E-state index in [9.17, 15) is 4.79 Å². The molecule has 0 fully saturated rings. The fraction of sp³-hybridized carbons (Fsp3) is 0.167. The average molecular weight is 408 g/mol. The summed E-state index contributed by atoms with van der Waals surface area (Å²) in [7, 11) is 0. The number of nitrogens with zero attached hydrogens (tertiary/aromatic N) is 3. The molecule has 0 amide bonds. The van der Waals surface area contributed by atoms with E-state index in [1.807, 2.05) is 23.6 Å². The zero-order valence-corrected chi connectivity index (χ0v) is 16.1. The number of carboxylic acids is 1. The molecule has 0 spiro atoms. The Hall–Kier alpha value is -2.02. The molecule has 0 bridgehead atoms. The van der Waals surface area contributed by atoms with E-state index in [-0.39, 0.29) is 5.56 Å². The average Bonchev–Trinajstić information content (AvgIpc) is 3.02. The summed E-state index contributed by atoms with van der Waals surface area (Å²) in [5.74, 6) is 0.331. The molecule has 3 aromatic rings. The van der Waals surface area contributed by atoms with E-state index in [1.165, 1.54) is 11.8 Å². The minimum atomic E-state index is -0.937. The van der Waals surface area contributed by atoms with Gasteiger partial charge in [0.25, 0.3) is 0 Å². The second-order valence-corrected chi connectivity index (χ2v) is 7.25. The number of rotatable bonds is 6. The number of carbonyl (C=O) groups is 1. The van der Waals surface area contributed by atoms with Gasteiger partial charge in [0, 0.05) is 22.9 Å². The van der Waals surface area contributed by atoms with E-state index in [0.29, 0.717) is 28.2 Å². The Morgan fingerprint density at radius 2 is 2.00 bits per heavy atom. The smallest absolute Gasteiger partial charge is 0.335 e. The SMILES string of the molecule is CCn1c(SCc2cccc(C(=O)O)c2)nnc1-c1ccc(Cl)cc1Cl. The first-order chi connectivity index (χ1) is 12.5. The minimum absolute atomic E-state index is 0.272. The Kier molecular flexibility index (Phi) is 5.86. The number of hydrogen-bond acceptors (Lipinski definition) is 4. The standard InChI is InChI=1S/C18H15Cl2N3O2S/c1-2-23-16(14-7-6-13(19)9-15(14)20)21-22-18(23)26-10-11-4-3-5-12(8-11)17(24)25/h3-9H,2,10H2,1H3,(H,24,25). The van der Waals surface area contributed by atoms with Crippen molar-refractivity contribution in [3.05, 3.63) is 63.6 Å². The molecule has 0 aliphatic carbocycles. The van der Waals surface area contributed by atoms with Crippen LogP contribution in [-0.2, 0) is 12.3 Å².